The van der Waals surface area contributed by atoms with E-state index in [1.165, 1.54) is 9.75 Å². The Bertz CT molecular complexity index is 730. The number of β-amino-alcohol motifs (C(OH)–C–C–N with tert-alkyl or cyclic N) is 1. The van der Waals surface area contributed by atoms with Crippen LogP contribution in [-0.4, -0.2) is 47.7 Å². The van der Waals surface area contributed by atoms with E-state index in [1.54, 1.807) is 22.7 Å². The van der Waals surface area contributed by atoms with Gasteiger partial charge in [-0.05, 0) is 41.7 Å². The maximum absolute atomic E-state index is 12.8. The van der Waals surface area contributed by atoms with Crippen molar-refractivity contribution in [3.63, 3.8) is 0 Å². The van der Waals surface area contributed by atoms with E-state index < -0.39 is 6.10 Å². The van der Waals surface area contributed by atoms with Gasteiger partial charge in [-0.25, -0.2) is 0 Å². The predicted octanol–water partition coefficient (Wildman–Crippen LogP) is 3.91. The Labute approximate surface area is 176 Å². The van der Waals surface area contributed by atoms with E-state index in [0.29, 0.717) is 25.4 Å². The number of carbonyl (C=O) groups is 1. The van der Waals surface area contributed by atoms with Crippen LogP contribution in [0.4, 0.5) is 0 Å². The van der Waals surface area contributed by atoms with Crippen LogP contribution in [0.3, 0.4) is 0 Å². The molecule has 0 radical (unpaired) electrons. The van der Waals surface area contributed by atoms with Gasteiger partial charge in [0, 0.05) is 41.2 Å². The fraction of sp³-hybridized carbons (Fsp3) is 0.591. The summed E-state index contributed by atoms with van der Waals surface area (Å²) in [5.74, 6) is 0.625. The zero-order chi connectivity index (χ0) is 20.1. The molecule has 1 saturated heterocycles. The van der Waals surface area contributed by atoms with Crippen LogP contribution in [-0.2, 0) is 16.6 Å². The highest BCUT2D eigenvalue weighted by molar-refractivity contribution is 7.10. The van der Waals surface area contributed by atoms with Crippen molar-refractivity contribution in [1.82, 2.24) is 10.2 Å². The second kappa shape index (κ2) is 9.53. The van der Waals surface area contributed by atoms with Gasteiger partial charge in [-0.3, -0.25) is 4.79 Å². The largest absolute Gasteiger partial charge is 0.390 e. The van der Waals surface area contributed by atoms with Crippen molar-refractivity contribution in [3.05, 3.63) is 44.8 Å². The molecule has 0 aliphatic carbocycles. The Kier molecular flexibility index (Phi) is 7.31. The van der Waals surface area contributed by atoms with Gasteiger partial charge in [0.05, 0.1) is 12.1 Å². The standard InChI is InChI=1S/C22H32N2O2S2/c1-16(2)22(3,20-7-5-13-28-20)10-8-21(26)24-14-18(19(25)15-24)23-11-9-17-6-4-12-27-17/h4-7,12-13,16,18-19,23,25H,8-11,14-15H2,1-3H3. The van der Waals surface area contributed by atoms with E-state index >= 15 is 0 Å². The summed E-state index contributed by atoms with van der Waals surface area (Å²) in [5.41, 5.74) is 0.0144. The van der Waals surface area contributed by atoms with Crippen LogP contribution in [0.1, 0.15) is 43.4 Å². The van der Waals surface area contributed by atoms with Crippen LogP contribution in [0, 0.1) is 5.92 Å². The van der Waals surface area contributed by atoms with E-state index in [1.807, 2.05) is 4.90 Å². The lowest BCUT2D eigenvalue weighted by Gasteiger charge is -2.33. The fourth-order valence-corrected chi connectivity index (χ4v) is 5.63. The third-order valence-corrected chi connectivity index (χ3v) is 8.30. The maximum atomic E-state index is 12.8. The minimum Gasteiger partial charge on any atom is -0.390 e. The third kappa shape index (κ3) is 5.03. The van der Waals surface area contributed by atoms with Crippen LogP contribution in [0.15, 0.2) is 35.0 Å². The lowest BCUT2D eigenvalue weighted by Crippen LogP contribution is -2.40. The van der Waals surface area contributed by atoms with Gasteiger partial charge in [0.25, 0.3) is 0 Å². The average Bonchev–Trinajstić information content (AvgIpc) is 3.42. The van der Waals surface area contributed by atoms with Crippen molar-refractivity contribution in [2.24, 2.45) is 5.92 Å². The highest BCUT2D eigenvalue weighted by atomic mass is 32.1. The summed E-state index contributed by atoms with van der Waals surface area (Å²) >= 11 is 3.53. The second-order valence-corrected chi connectivity index (χ2v) is 10.3. The molecule has 1 aliphatic heterocycles. The number of nitrogens with one attached hydrogen (secondary N) is 1. The van der Waals surface area contributed by atoms with Gasteiger partial charge in [0.1, 0.15) is 0 Å². The highest BCUT2D eigenvalue weighted by Crippen LogP contribution is 2.39. The number of likely N-dealkylation sites (tertiary alicyclic amines) is 1. The van der Waals surface area contributed by atoms with Crippen molar-refractivity contribution >= 4 is 28.6 Å². The average molecular weight is 421 g/mol. The molecule has 1 fully saturated rings. The van der Waals surface area contributed by atoms with Gasteiger partial charge in [-0.2, -0.15) is 0 Å². The molecule has 1 aliphatic rings. The number of amides is 1. The molecule has 1 amide bonds. The summed E-state index contributed by atoms with van der Waals surface area (Å²) in [5, 5.41) is 18.0. The van der Waals surface area contributed by atoms with Gasteiger partial charge < -0.3 is 15.3 Å². The molecule has 0 spiro atoms. The molecule has 154 valence electrons. The van der Waals surface area contributed by atoms with E-state index in [0.717, 1.165) is 19.4 Å². The molecular weight excluding hydrogens is 388 g/mol. The first-order valence-corrected chi connectivity index (χ1v) is 11.9. The monoisotopic (exact) mass is 420 g/mol. The Hall–Kier alpha value is -1.21. The number of hydrogen-bond donors (Lipinski definition) is 2. The predicted molar refractivity (Wildman–Crippen MR) is 118 cm³/mol. The van der Waals surface area contributed by atoms with E-state index in [4.69, 9.17) is 0 Å². The summed E-state index contributed by atoms with van der Waals surface area (Å²) in [7, 11) is 0. The summed E-state index contributed by atoms with van der Waals surface area (Å²) in [6.07, 6.45) is 1.84. The minimum absolute atomic E-state index is 0.0144. The van der Waals surface area contributed by atoms with Crippen molar-refractivity contribution in [2.75, 3.05) is 19.6 Å². The summed E-state index contributed by atoms with van der Waals surface area (Å²) in [6, 6.07) is 8.43. The quantitative estimate of drug-likeness (QED) is 0.647. The number of carbonyl (C=O) groups excluding carboxylic acids is 1. The lowest BCUT2D eigenvalue weighted by atomic mass is 9.74. The zero-order valence-electron chi connectivity index (χ0n) is 17.1. The SMILES string of the molecule is CC(C)C(C)(CCC(=O)N1CC(O)C(NCCc2cccs2)C1)c1cccs1. The molecule has 0 bridgehead atoms. The lowest BCUT2D eigenvalue weighted by molar-refractivity contribution is -0.131. The van der Waals surface area contributed by atoms with Crippen LogP contribution >= 0.6 is 22.7 Å². The van der Waals surface area contributed by atoms with Crippen LogP contribution in [0.5, 0.6) is 0 Å². The van der Waals surface area contributed by atoms with Crippen molar-refractivity contribution in [1.29, 1.82) is 0 Å². The Morgan fingerprint density at radius 3 is 2.68 bits per heavy atom. The summed E-state index contributed by atoms with van der Waals surface area (Å²) in [4.78, 5) is 17.4. The molecule has 2 aromatic heterocycles. The highest BCUT2D eigenvalue weighted by Gasteiger charge is 2.36. The Morgan fingerprint density at radius 1 is 1.29 bits per heavy atom. The van der Waals surface area contributed by atoms with Gasteiger partial charge in [-0.15, -0.1) is 22.7 Å². The smallest absolute Gasteiger partial charge is 0.222 e. The van der Waals surface area contributed by atoms with Gasteiger partial charge in [0.2, 0.25) is 5.91 Å². The molecular formula is C22H32N2O2S2. The van der Waals surface area contributed by atoms with Crippen molar-refractivity contribution < 1.29 is 9.90 Å². The molecule has 2 aromatic rings. The number of rotatable bonds is 9. The van der Waals surface area contributed by atoms with Crippen LogP contribution in [0.2, 0.25) is 0 Å². The molecule has 0 aromatic carbocycles. The number of aliphatic hydroxyl groups excluding tert-OH is 1. The third-order valence-electron chi connectivity index (χ3n) is 6.22. The van der Waals surface area contributed by atoms with E-state index in [9.17, 15) is 9.90 Å². The van der Waals surface area contributed by atoms with E-state index in [2.05, 4.69) is 61.1 Å². The molecule has 6 heteroatoms. The van der Waals surface area contributed by atoms with Gasteiger partial charge in [-0.1, -0.05) is 32.9 Å². The molecule has 3 atom stereocenters. The maximum Gasteiger partial charge on any atom is 0.222 e. The van der Waals surface area contributed by atoms with Gasteiger partial charge >= 0.3 is 0 Å². The molecule has 2 N–H and O–H groups in total. The van der Waals surface area contributed by atoms with Crippen molar-refractivity contribution in [3.8, 4) is 0 Å². The number of hydrogen-bond acceptors (Lipinski definition) is 5. The summed E-state index contributed by atoms with van der Waals surface area (Å²) in [6.45, 7) is 8.60. The molecule has 3 heterocycles. The van der Waals surface area contributed by atoms with E-state index in [-0.39, 0.29) is 17.4 Å². The molecule has 4 nitrogen and oxygen atoms in total. The first-order valence-electron chi connectivity index (χ1n) is 10.2. The Morgan fingerprint density at radius 2 is 2.04 bits per heavy atom. The summed E-state index contributed by atoms with van der Waals surface area (Å²) < 4.78 is 0. The minimum atomic E-state index is -0.485. The first kappa shape index (κ1) is 21.5. The normalized spacial score (nSPS) is 22.0. The molecule has 0 saturated carbocycles. The number of thiophene rings is 2. The first-order chi connectivity index (χ1) is 13.4. The van der Waals surface area contributed by atoms with Gasteiger partial charge in [0.15, 0.2) is 0 Å². The fourth-order valence-electron chi connectivity index (χ4n) is 3.85. The number of aliphatic hydroxyl groups is 1. The van der Waals surface area contributed by atoms with Crippen LogP contribution < -0.4 is 5.32 Å². The molecule has 3 unspecified atom stereocenters. The molecule has 28 heavy (non-hydrogen) atoms. The molecule has 3 rings (SSSR count). The second-order valence-electron chi connectivity index (χ2n) is 8.31. The van der Waals surface area contributed by atoms with Crippen LogP contribution in [0.25, 0.3) is 0 Å². The Balaban J connectivity index is 1.49. The topological polar surface area (TPSA) is 52.6 Å². The van der Waals surface area contributed by atoms with Crippen molar-refractivity contribution in [2.45, 2.75) is 57.6 Å². The zero-order valence-corrected chi connectivity index (χ0v) is 18.7. The number of nitrogens with zero attached hydrogens (tertiary/aromatic N) is 1.